The van der Waals surface area contributed by atoms with E-state index in [1.807, 2.05) is 36.4 Å². The van der Waals surface area contributed by atoms with Gasteiger partial charge in [0.25, 0.3) is 0 Å². The highest BCUT2D eigenvalue weighted by Crippen LogP contribution is 2.26. The van der Waals surface area contributed by atoms with Gasteiger partial charge in [0.05, 0.1) is 11.9 Å². The molecule has 0 aromatic heterocycles. The molecule has 0 bridgehead atoms. The molecule has 2 aromatic rings. The number of amides is 2. The van der Waals surface area contributed by atoms with Crippen LogP contribution in [0.15, 0.2) is 53.0 Å². The average molecular weight is 607 g/mol. The van der Waals surface area contributed by atoms with Gasteiger partial charge < -0.3 is 10.2 Å². The second kappa shape index (κ2) is 12.6. The molecule has 1 aliphatic carbocycles. The van der Waals surface area contributed by atoms with Gasteiger partial charge >= 0.3 is 0 Å². The molecule has 1 unspecified atom stereocenters. The van der Waals surface area contributed by atoms with Crippen molar-refractivity contribution < 1.29 is 18.0 Å². The molecule has 1 aliphatic rings. The first-order chi connectivity index (χ1) is 17.8. The first-order valence-electron chi connectivity index (χ1n) is 13.2. The molecular weight excluding hydrogens is 566 g/mol. The molecule has 0 spiro atoms. The lowest BCUT2D eigenvalue weighted by Gasteiger charge is -2.33. The zero-order valence-corrected chi connectivity index (χ0v) is 25.4. The van der Waals surface area contributed by atoms with Crippen molar-refractivity contribution in [2.45, 2.75) is 83.8 Å². The summed E-state index contributed by atoms with van der Waals surface area (Å²) in [5.74, 6) is -0.660. The summed E-state index contributed by atoms with van der Waals surface area (Å²) in [5, 5.41) is 3.11. The molecule has 3 rings (SSSR count). The summed E-state index contributed by atoms with van der Waals surface area (Å²) in [6, 6.07) is 14.1. The summed E-state index contributed by atoms with van der Waals surface area (Å²) in [4.78, 5) is 28.5. The van der Waals surface area contributed by atoms with E-state index in [9.17, 15) is 18.0 Å². The molecule has 9 heteroatoms. The molecule has 208 valence electrons. The van der Waals surface area contributed by atoms with Crippen molar-refractivity contribution in [3.05, 3.63) is 64.1 Å². The molecule has 38 heavy (non-hydrogen) atoms. The van der Waals surface area contributed by atoms with Crippen molar-refractivity contribution in [3.8, 4) is 0 Å². The Bertz CT molecular complexity index is 1200. The number of nitrogens with one attached hydrogen (secondary N) is 1. The van der Waals surface area contributed by atoms with Crippen molar-refractivity contribution in [2.75, 3.05) is 17.1 Å². The second-order valence-corrected chi connectivity index (χ2v) is 14.1. The highest BCUT2D eigenvalue weighted by Gasteiger charge is 2.31. The van der Waals surface area contributed by atoms with Gasteiger partial charge in [-0.2, -0.15) is 0 Å². The van der Waals surface area contributed by atoms with Crippen LogP contribution in [-0.4, -0.2) is 50.0 Å². The second-order valence-electron chi connectivity index (χ2n) is 11.2. The number of carbonyl (C=O) groups excluding carboxylic acids is 2. The minimum absolute atomic E-state index is 0.0904. The van der Waals surface area contributed by atoms with Gasteiger partial charge in [-0.05, 0) is 60.6 Å². The smallest absolute Gasteiger partial charge is 0.244 e. The Hall–Kier alpha value is -2.39. The van der Waals surface area contributed by atoms with Gasteiger partial charge in [0.15, 0.2) is 0 Å². The van der Waals surface area contributed by atoms with Crippen LogP contribution in [-0.2, 0) is 31.6 Å². The summed E-state index contributed by atoms with van der Waals surface area (Å²) in [6.45, 7) is 7.74. The van der Waals surface area contributed by atoms with Gasteiger partial charge in [0.1, 0.15) is 12.6 Å². The number of halogens is 1. The summed E-state index contributed by atoms with van der Waals surface area (Å²) in [7, 11) is -3.76. The van der Waals surface area contributed by atoms with E-state index in [0.29, 0.717) is 5.69 Å². The van der Waals surface area contributed by atoms with Gasteiger partial charge in [-0.15, -0.1) is 0 Å². The number of rotatable bonds is 9. The third-order valence-corrected chi connectivity index (χ3v) is 8.75. The molecule has 2 amide bonds. The van der Waals surface area contributed by atoms with E-state index in [1.165, 1.54) is 11.3 Å². The number of carbonyl (C=O) groups is 2. The van der Waals surface area contributed by atoms with Crippen molar-refractivity contribution in [1.29, 1.82) is 0 Å². The molecule has 0 aliphatic heterocycles. The van der Waals surface area contributed by atoms with Crippen LogP contribution in [0.25, 0.3) is 0 Å². The fourth-order valence-electron chi connectivity index (χ4n) is 4.68. The molecule has 1 atom stereocenters. The van der Waals surface area contributed by atoms with Crippen molar-refractivity contribution in [2.24, 2.45) is 0 Å². The average Bonchev–Trinajstić information content (AvgIpc) is 2.86. The molecule has 1 N–H and O–H groups in total. The largest absolute Gasteiger partial charge is 0.352 e. The van der Waals surface area contributed by atoms with Crippen molar-refractivity contribution >= 4 is 43.5 Å². The Morgan fingerprint density at radius 2 is 1.58 bits per heavy atom. The van der Waals surface area contributed by atoms with E-state index >= 15 is 0 Å². The summed E-state index contributed by atoms with van der Waals surface area (Å²) in [5.41, 5.74) is 2.23. The lowest BCUT2D eigenvalue weighted by Crippen LogP contribution is -2.52. The van der Waals surface area contributed by atoms with Crippen LogP contribution >= 0.6 is 15.9 Å². The third kappa shape index (κ3) is 8.30. The Balaban J connectivity index is 1.87. The maximum absolute atomic E-state index is 13.7. The van der Waals surface area contributed by atoms with E-state index in [1.54, 1.807) is 19.1 Å². The van der Waals surface area contributed by atoms with E-state index in [4.69, 9.17) is 0 Å². The number of hydrogen-bond acceptors (Lipinski definition) is 4. The van der Waals surface area contributed by atoms with Crippen LogP contribution in [0.5, 0.6) is 0 Å². The SMILES string of the molecule is CC(C(=O)NC1CCCCC1)N(Cc1ccc(Br)cc1)C(=O)CN(c1ccc(C(C)(C)C)cc1)S(C)(=O)=O. The Labute approximate surface area is 236 Å². The van der Waals surface area contributed by atoms with Gasteiger partial charge in [0.2, 0.25) is 21.8 Å². The van der Waals surface area contributed by atoms with Crippen LogP contribution in [0.4, 0.5) is 5.69 Å². The maximum Gasteiger partial charge on any atom is 0.244 e. The van der Waals surface area contributed by atoms with E-state index < -0.39 is 28.5 Å². The molecule has 7 nitrogen and oxygen atoms in total. The van der Waals surface area contributed by atoms with E-state index in [2.05, 4.69) is 42.0 Å². The zero-order chi connectivity index (χ0) is 28.1. The number of anilines is 1. The quantitative estimate of drug-likeness (QED) is 0.416. The Morgan fingerprint density at radius 3 is 2.11 bits per heavy atom. The number of hydrogen-bond donors (Lipinski definition) is 1. The van der Waals surface area contributed by atoms with Gasteiger partial charge in [0, 0.05) is 17.1 Å². The lowest BCUT2D eigenvalue weighted by molar-refractivity contribution is -0.139. The minimum atomic E-state index is -3.76. The monoisotopic (exact) mass is 605 g/mol. The molecule has 1 fully saturated rings. The molecule has 0 heterocycles. The van der Waals surface area contributed by atoms with Crippen molar-refractivity contribution in [1.82, 2.24) is 10.2 Å². The van der Waals surface area contributed by atoms with Crippen LogP contribution in [0, 0.1) is 0 Å². The van der Waals surface area contributed by atoms with Crippen molar-refractivity contribution in [3.63, 3.8) is 0 Å². The molecule has 0 radical (unpaired) electrons. The predicted octanol–water partition coefficient (Wildman–Crippen LogP) is 5.38. The highest BCUT2D eigenvalue weighted by molar-refractivity contribution is 9.10. The van der Waals surface area contributed by atoms with E-state index in [0.717, 1.165) is 51.8 Å². The Kier molecular flexibility index (Phi) is 10.0. The maximum atomic E-state index is 13.7. The van der Waals surface area contributed by atoms with E-state index in [-0.39, 0.29) is 23.9 Å². The van der Waals surface area contributed by atoms with Crippen LogP contribution in [0.3, 0.4) is 0 Å². The number of sulfonamides is 1. The highest BCUT2D eigenvalue weighted by atomic mass is 79.9. The van der Waals surface area contributed by atoms with Crippen LogP contribution < -0.4 is 9.62 Å². The minimum Gasteiger partial charge on any atom is -0.352 e. The molecule has 2 aromatic carbocycles. The zero-order valence-electron chi connectivity index (χ0n) is 23.0. The number of benzene rings is 2. The molecule has 1 saturated carbocycles. The summed E-state index contributed by atoms with van der Waals surface area (Å²) < 4.78 is 27.6. The topological polar surface area (TPSA) is 86.8 Å². The molecule has 0 saturated heterocycles. The summed E-state index contributed by atoms with van der Waals surface area (Å²) in [6.07, 6.45) is 6.30. The molecular formula is C29H40BrN3O4S. The first-order valence-corrected chi connectivity index (χ1v) is 15.8. The fourth-order valence-corrected chi connectivity index (χ4v) is 5.79. The third-order valence-electron chi connectivity index (χ3n) is 7.09. The van der Waals surface area contributed by atoms with Gasteiger partial charge in [-0.3, -0.25) is 13.9 Å². The van der Waals surface area contributed by atoms with Crippen LogP contribution in [0.1, 0.15) is 70.9 Å². The predicted molar refractivity (Wildman–Crippen MR) is 157 cm³/mol. The van der Waals surface area contributed by atoms with Crippen LogP contribution in [0.2, 0.25) is 0 Å². The summed E-state index contributed by atoms with van der Waals surface area (Å²) >= 11 is 3.43. The lowest BCUT2D eigenvalue weighted by atomic mass is 9.87. The van der Waals surface area contributed by atoms with Gasteiger partial charge in [-0.25, -0.2) is 8.42 Å². The first kappa shape index (κ1) is 30.2. The standard InChI is InChI=1S/C29H40BrN3O4S/c1-21(28(35)31-25-9-7-6-8-10-25)32(19-22-11-15-24(30)16-12-22)27(34)20-33(38(5,36)37)26-17-13-23(14-18-26)29(2,3)4/h11-18,21,25H,6-10,19-20H2,1-5H3,(H,31,35). The normalized spacial score (nSPS) is 15.5. The van der Waals surface area contributed by atoms with Gasteiger partial charge in [-0.1, -0.05) is 80.2 Å². The number of nitrogens with zero attached hydrogens (tertiary/aromatic N) is 2. The Morgan fingerprint density at radius 1 is 1.00 bits per heavy atom. The fraction of sp³-hybridized carbons (Fsp3) is 0.517.